The summed E-state index contributed by atoms with van der Waals surface area (Å²) in [6, 6.07) is 4.71. The molecule has 5 nitrogen and oxygen atoms in total. The van der Waals surface area contributed by atoms with Gasteiger partial charge in [-0.1, -0.05) is 0 Å². The number of nitrogens with zero attached hydrogens (tertiary/aromatic N) is 1. The zero-order valence-electron chi connectivity index (χ0n) is 9.10. The molecule has 2 rings (SSSR count). The van der Waals surface area contributed by atoms with Gasteiger partial charge in [-0.3, -0.25) is 10.1 Å². The SMILES string of the molecule is Cc1ccc([N+](=O)[O-])cc1O[C@@H]1CCNC1. The fourth-order valence-electron chi connectivity index (χ4n) is 1.74. The number of ether oxygens (including phenoxy) is 1. The van der Waals surface area contributed by atoms with Gasteiger partial charge in [-0.25, -0.2) is 0 Å². The van der Waals surface area contributed by atoms with Crippen LogP contribution >= 0.6 is 0 Å². The molecular weight excluding hydrogens is 208 g/mol. The predicted octanol–water partition coefficient (Wildman–Crippen LogP) is 1.64. The number of nitro groups is 1. The number of nitro benzene ring substituents is 1. The average Bonchev–Trinajstić information content (AvgIpc) is 2.73. The number of hydrogen-bond acceptors (Lipinski definition) is 4. The maximum atomic E-state index is 10.6. The lowest BCUT2D eigenvalue weighted by atomic mass is 10.2. The molecule has 0 unspecified atom stereocenters. The van der Waals surface area contributed by atoms with Crippen molar-refractivity contribution in [3.8, 4) is 5.75 Å². The van der Waals surface area contributed by atoms with Crippen molar-refractivity contribution in [2.75, 3.05) is 13.1 Å². The first-order valence-corrected chi connectivity index (χ1v) is 5.29. The van der Waals surface area contributed by atoms with E-state index in [1.165, 1.54) is 12.1 Å². The minimum atomic E-state index is -0.404. The number of rotatable bonds is 3. The van der Waals surface area contributed by atoms with Crippen molar-refractivity contribution >= 4 is 5.69 Å². The Kier molecular flexibility index (Phi) is 3.05. The largest absolute Gasteiger partial charge is 0.489 e. The summed E-state index contributed by atoms with van der Waals surface area (Å²) in [6.07, 6.45) is 1.07. The highest BCUT2D eigenvalue weighted by atomic mass is 16.6. The molecule has 1 aliphatic rings. The third-order valence-corrected chi connectivity index (χ3v) is 2.69. The first-order chi connectivity index (χ1) is 7.66. The van der Waals surface area contributed by atoms with E-state index in [9.17, 15) is 10.1 Å². The minimum absolute atomic E-state index is 0.0755. The highest BCUT2D eigenvalue weighted by molar-refractivity contribution is 5.43. The number of aryl methyl sites for hydroxylation is 1. The average molecular weight is 222 g/mol. The molecule has 0 amide bonds. The molecule has 1 aromatic carbocycles. The molecule has 1 heterocycles. The lowest BCUT2D eigenvalue weighted by molar-refractivity contribution is -0.385. The molecule has 86 valence electrons. The Hall–Kier alpha value is -1.62. The Morgan fingerprint density at radius 2 is 2.38 bits per heavy atom. The summed E-state index contributed by atoms with van der Waals surface area (Å²) in [5.41, 5.74) is 1.00. The molecule has 0 spiro atoms. The molecule has 1 atom stereocenters. The zero-order chi connectivity index (χ0) is 11.5. The Morgan fingerprint density at radius 1 is 1.56 bits per heavy atom. The quantitative estimate of drug-likeness (QED) is 0.623. The predicted molar refractivity (Wildman–Crippen MR) is 59.7 cm³/mol. The molecule has 0 radical (unpaired) electrons. The Balaban J connectivity index is 2.17. The van der Waals surface area contributed by atoms with Gasteiger partial charge in [-0.05, 0) is 31.5 Å². The maximum absolute atomic E-state index is 10.6. The van der Waals surface area contributed by atoms with Crippen LogP contribution in [-0.4, -0.2) is 24.1 Å². The van der Waals surface area contributed by atoms with Crippen LogP contribution in [0, 0.1) is 17.0 Å². The lowest BCUT2D eigenvalue weighted by Gasteiger charge is -2.14. The van der Waals surface area contributed by atoms with Crippen LogP contribution in [0.1, 0.15) is 12.0 Å². The van der Waals surface area contributed by atoms with E-state index in [0.717, 1.165) is 25.1 Å². The molecule has 0 aromatic heterocycles. The van der Waals surface area contributed by atoms with Crippen LogP contribution in [0.3, 0.4) is 0 Å². The Morgan fingerprint density at radius 3 is 3.00 bits per heavy atom. The van der Waals surface area contributed by atoms with Crippen LogP contribution in [0.15, 0.2) is 18.2 Å². The van der Waals surface area contributed by atoms with Gasteiger partial charge in [0, 0.05) is 12.6 Å². The van der Waals surface area contributed by atoms with Crippen molar-refractivity contribution < 1.29 is 9.66 Å². The zero-order valence-corrected chi connectivity index (χ0v) is 9.10. The van der Waals surface area contributed by atoms with Gasteiger partial charge in [-0.15, -0.1) is 0 Å². The van der Waals surface area contributed by atoms with Crippen molar-refractivity contribution in [1.29, 1.82) is 0 Å². The molecule has 1 fully saturated rings. The molecule has 16 heavy (non-hydrogen) atoms. The first kappa shape index (κ1) is 10.9. The van der Waals surface area contributed by atoms with Gasteiger partial charge in [0.15, 0.2) is 0 Å². The number of benzene rings is 1. The summed E-state index contributed by atoms with van der Waals surface area (Å²) in [5.74, 6) is 0.614. The summed E-state index contributed by atoms with van der Waals surface area (Å²) < 4.78 is 5.73. The van der Waals surface area contributed by atoms with Crippen LogP contribution in [0.25, 0.3) is 0 Å². The fraction of sp³-hybridized carbons (Fsp3) is 0.455. The van der Waals surface area contributed by atoms with Gasteiger partial charge >= 0.3 is 0 Å². The third-order valence-electron chi connectivity index (χ3n) is 2.69. The van der Waals surface area contributed by atoms with E-state index in [4.69, 9.17) is 4.74 Å². The van der Waals surface area contributed by atoms with E-state index in [-0.39, 0.29) is 11.8 Å². The van der Waals surface area contributed by atoms with Gasteiger partial charge in [0.05, 0.1) is 11.0 Å². The van der Waals surface area contributed by atoms with Crippen molar-refractivity contribution in [3.63, 3.8) is 0 Å². The molecule has 1 saturated heterocycles. The molecule has 0 saturated carbocycles. The number of nitrogens with one attached hydrogen (secondary N) is 1. The van der Waals surface area contributed by atoms with E-state index in [1.807, 2.05) is 6.92 Å². The third kappa shape index (κ3) is 2.30. The Bertz CT molecular complexity index is 400. The van der Waals surface area contributed by atoms with E-state index in [1.54, 1.807) is 6.07 Å². The van der Waals surface area contributed by atoms with Gasteiger partial charge in [0.2, 0.25) is 0 Å². The van der Waals surface area contributed by atoms with Crippen molar-refractivity contribution in [3.05, 3.63) is 33.9 Å². The minimum Gasteiger partial charge on any atom is -0.489 e. The number of hydrogen-bond donors (Lipinski definition) is 1. The molecule has 0 aliphatic carbocycles. The second-order valence-corrected chi connectivity index (χ2v) is 3.94. The molecular formula is C11H14N2O3. The van der Waals surface area contributed by atoms with Crippen LogP contribution in [0.4, 0.5) is 5.69 Å². The van der Waals surface area contributed by atoms with Crippen molar-refractivity contribution in [2.45, 2.75) is 19.4 Å². The van der Waals surface area contributed by atoms with E-state index in [0.29, 0.717) is 5.75 Å². The molecule has 5 heteroatoms. The normalized spacial score (nSPS) is 19.7. The van der Waals surface area contributed by atoms with Gasteiger partial charge in [-0.2, -0.15) is 0 Å². The molecule has 1 aromatic rings. The van der Waals surface area contributed by atoms with E-state index >= 15 is 0 Å². The Labute approximate surface area is 93.6 Å². The monoisotopic (exact) mass is 222 g/mol. The van der Waals surface area contributed by atoms with Gasteiger partial charge in [0.1, 0.15) is 11.9 Å². The summed E-state index contributed by atoms with van der Waals surface area (Å²) in [4.78, 5) is 10.2. The summed E-state index contributed by atoms with van der Waals surface area (Å²) in [7, 11) is 0. The second-order valence-electron chi connectivity index (χ2n) is 3.94. The summed E-state index contributed by atoms with van der Waals surface area (Å²) in [5, 5.41) is 13.8. The topological polar surface area (TPSA) is 64.4 Å². The van der Waals surface area contributed by atoms with Crippen LogP contribution in [-0.2, 0) is 0 Å². The summed E-state index contributed by atoms with van der Waals surface area (Å²) >= 11 is 0. The highest BCUT2D eigenvalue weighted by Crippen LogP contribution is 2.25. The fourth-order valence-corrected chi connectivity index (χ4v) is 1.74. The number of non-ortho nitro benzene ring substituents is 1. The first-order valence-electron chi connectivity index (χ1n) is 5.29. The van der Waals surface area contributed by atoms with E-state index < -0.39 is 4.92 Å². The van der Waals surface area contributed by atoms with Crippen LogP contribution < -0.4 is 10.1 Å². The van der Waals surface area contributed by atoms with Gasteiger partial charge in [0.25, 0.3) is 5.69 Å². The second kappa shape index (κ2) is 4.49. The van der Waals surface area contributed by atoms with Crippen LogP contribution in [0.2, 0.25) is 0 Å². The summed E-state index contributed by atoms with van der Waals surface area (Å²) in [6.45, 7) is 3.64. The smallest absolute Gasteiger partial charge is 0.273 e. The molecule has 1 aliphatic heterocycles. The van der Waals surface area contributed by atoms with Crippen LogP contribution in [0.5, 0.6) is 5.75 Å². The highest BCUT2D eigenvalue weighted by Gasteiger charge is 2.18. The molecule has 1 N–H and O–H groups in total. The van der Waals surface area contributed by atoms with Crippen molar-refractivity contribution in [1.82, 2.24) is 5.32 Å². The standard InChI is InChI=1S/C11H14N2O3/c1-8-2-3-9(13(14)15)6-11(8)16-10-4-5-12-7-10/h2-3,6,10,12H,4-5,7H2,1H3/t10-/m1/s1. The van der Waals surface area contributed by atoms with Gasteiger partial charge < -0.3 is 10.1 Å². The maximum Gasteiger partial charge on any atom is 0.273 e. The van der Waals surface area contributed by atoms with E-state index in [2.05, 4.69) is 5.32 Å². The molecule has 0 bridgehead atoms. The lowest BCUT2D eigenvalue weighted by Crippen LogP contribution is -2.20. The van der Waals surface area contributed by atoms with Crippen molar-refractivity contribution in [2.24, 2.45) is 0 Å².